The van der Waals surface area contributed by atoms with Crippen LogP contribution in [0.2, 0.25) is 0 Å². The van der Waals surface area contributed by atoms with E-state index in [1.165, 1.54) is 22.7 Å². The first-order valence-corrected chi connectivity index (χ1v) is 10.4. The number of aryl methyl sites for hydroxylation is 1. The van der Waals surface area contributed by atoms with E-state index in [2.05, 4.69) is 15.3 Å². The molecular formula is C17H26N6O3S. The summed E-state index contributed by atoms with van der Waals surface area (Å²) in [4.78, 5) is 21.7. The lowest BCUT2D eigenvalue weighted by molar-refractivity contribution is 0.170. The van der Waals surface area contributed by atoms with Crippen molar-refractivity contribution < 1.29 is 13.2 Å². The van der Waals surface area contributed by atoms with Gasteiger partial charge in [0.25, 0.3) is 10.2 Å². The number of fused-ring (bicyclic) bond motifs is 1. The molecule has 2 amide bonds. The fraction of sp³-hybridized carbons (Fsp3) is 0.529. The monoisotopic (exact) mass is 394 g/mol. The highest BCUT2D eigenvalue weighted by Gasteiger charge is 2.30. The number of para-hydroxylation sites is 2. The van der Waals surface area contributed by atoms with Gasteiger partial charge in [0.05, 0.1) is 11.0 Å². The molecule has 0 unspecified atom stereocenters. The number of nitrogens with one attached hydrogen (secondary N) is 2. The molecule has 9 nitrogen and oxygen atoms in total. The van der Waals surface area contributed by atoms with Crippen molar-refractivity contribution in [3.63, 3.8) is 0 Å². The molecule has 0 saturated carbocycles. The number of imidazole rings is 1. The molecule has 27 heavy (non-hydrogen) atoms. The largest absolute Gasteiger partial charge is 0.342 e. The molecule has 0 bridgehead atoms. The van der Waals surface area contributed by atoms with Gasteiger partial charge in [-0.2, -0.15) is 17.0 Å². The molecule has 148 valence electrons. The van der Waals surface area contributed by atoms with Gasteiger partial charge in [0.1, 0.15) is 5.82 Å². The second kappa shape index (κ2) is 8.24. The van der Waals surface area contributed by atoms with Crippen molar-refractivity contribution in [2.24, 2.45) is 0 Å². The van der Waals surface area contributed by atoms with Gasteiger partial charge >= 0.3 is 6.03 Å². The quantitative estimate of drug-likeness (QED) is 0.702. The number of aromatic amines is 1. The first kappa shape index (κ1) is 19.6. The lowest BCUT2D eigenvalue weighted by atomic mass is 10.3. The van der Waals surface area contributed by atoms with E-state index in [1.807, 2.05) is 24.3 Å². The summed E-state index contributed by atoms with van der Waals surface area (Å²) in [5, 5.41) is 2.90. The molecule has 10 heteroatoms. The number of carbonyl (C=O) groups excluding carboxylic acids is 1. The highest BCUT2D eigenvalue weighted by atomic mass is 32.2. The average molecular weight is 395 g/mol. The second-order valence-corrected chi connectivity index (χ2v) is 8.85. The fourth-order valence-corrected chi connectivity index (χ4v) is 4.13. The Morgan fingerprint density at radius 2 is 1.93 bits per heavy atom. The summed E-state index contributed by atoms with van der Waals surface area (Å²) in [6, 6.07) is 7.73. The highest BCUT2D eigenvalue weighted by Crippen LogP contribution is 2.12. The predicted molar refractivity (Wildman–Crippen MR) is 104 cm³/mol. The highest BCUT2D eigenvalue weighted by molar-refractivity contribution is 7.86. The predicted octanol–water partition coefficient (Wildman–Crippen LogP) is 0.629. The molecule has 0 atom stereocenters. The van der Waals surface area contributed by atoms with Gasteiger partial charge in [-0.25, -0.2) is 9.78 Å². The Bertz CT molecular complexity index is 854. The van der Waals surface area contributed by atoms with Gasteiger partial charge in [0.2, 0.25) is 0 Å². The fourth-order valence-electron chi connectivity index (χ4n) is 3.04. The topological polar surface area (TPSA) is 102 Å². The first-order valence-electron chi connectivity index (χ1n) is 9.02. The number of hydrogen-bond donors (Lipinski definition) is 2. The summed E-state index contributed by atoms with van der Waals surface area (Å²) in [6.45, 7) is 1.96. The number of rotatable bonds is 6. The number of hydrogen-bond acceptors (Lipinski definition) is 4. The number of carbonyl (C=O) groups is 1. The molecule has 1 fully saturated rings. The molecule has 0 spiro atoms. The van der Waals surface area contributed by atoms with Gasteiger partial charge in [0, 0.05) is 53.2 Å². The lowest BCUT2D eigenvalue weighted by Gasteiger charge is -2.35. The third-order valence-electron chi connectivity index (χ3n) is 4.62. The number of benzene rings is 1. The molecule has 2 aromatic rings. The van der Waals surface area contributed by atoms with Crippen LogP contribution in [0, 0.1) is 0 Å². The van der Waals surface area contributed by atoms with Gasteiger partial charge in [-0.15, -0.1) is 0 Å². The number of nitrogens with zero attached hydrogens (tertiary/aromatic N) is 4. The number of piperazine rings is 1. The van der Waals surface area contributed by atoms with E-state index in [4.69, 9.17) is 0 Å². The van der Waals surface area contributed by atoms with Crippen molar-refractivity contribution in [2.45, 2.75) is 12.8 Å². The average Bonchev–Trinajstić information content (AvgIpc) is 3.08. The minimum atomic E-state index is -3.41. The van der Waals surface area contributed by atoms with Gasteiger partial charge in [-0.1, -0.05) is 12.1 Å². The number of H-pyrrole nitrogens is 1. The molecule has 3 rings (SSSR count). The van der Waals surface area contributed by atoms with Crippen molar-refractivity contribution in [3.8, 4) is 0 Å². The van der Waals surface area contributed by atoms with Crippen LogP contribution in [-0.2, 0) is 16.6 Å². The van der Waals surface area contributed by atoms with Crippen LogP contribution in [0.4, 0.5) is 4.79 Å². The van der Waals surface area contributed by atoms with Crippen molar-refractivity contribution in [2.75, 3.05) is 46.8 Å². The summed E-state index contributed by atoms with van der Waals surface area (Å²) in [6.07, 6.45) is 1.53. The first-order chi connectivity index (χ1) is 12.9. The van der Waals surface area contributed by atoms with E-state index in [0.717, 1.165) is 29.7 Å². The van der Waals surface area contributed by atoms with Crippen LogP contribution in [0.15, 0.2) is 24.3 Å². The van der Waals surface area contributed by atoms with E-state index < -0.39 is 10.2 Å². The Balaban J connectivity index is 1.40. The Labute approximate surface area is 159 Å². The van der Waals surface area contributed by atoms with Crippen LogP contribution in [0.1, 0.15) is 12.2 Å². The maximum atomic E-state index is 12.3. The Kier molecular flexibility index (Phi) is 5.98. The summed E-state index contributed by atoms with van der Waals surface area (Å²) in [5.41, 5.74) is 1.96. The number of amides is 2. The molecule has 0 radical (unpaired) electrons. The van der Waals surface area contributed by atoms with Crippen LogP contribution in [-0.4, -0.2) is 84.7 Å². The van der Waals surface area contributed by atoms with Crippen LogP contribution in [0.5, 0.6) is 0 Å². The Hall–Kier alpha value is -2.17. The summed E-state index contributed by atoms with van der Waals surface area (Å²) < 4.78 is 26.8. The summed E-state index contributed by atoms with van der Waals surface area (Å²) in [5.74, 6) is 0.910. The van der Waals surface area contributed by atoms with E-state index in [1.54, 1.807) is 4.90 Å². The van der Waals surface area contributed by atoms with Crippen LogP contribution in [0.3, 0.4) is 0 Å². The molecule has 1 aromatic heterocycles. The summed E-state index contributed by atoms with van der Waals surface area (Å²) in [7, 11) is -0.393. The molecule has 0 aliphatic carbocycles. The van der Waals surface area contributed by atoms with E-state index >= 15 is 0 Å². The van der Waals surface area contributed by atoms with Crippen molar-refractivity contribution in [1.82, 2.24) is 28.8 Å². The molecule has 2 heterocycles. The Morgan fingerprint density at radius 3 is 2.59 bits per heavy atom. The normalized spacial score (nSPS) is 16.2. The number of aromatic nitrogens is 2. The SMILES string of the molecule is CN(C)S(=O)(=O)N1CCN(C(=O)NCCCc2nc3ccccc3[nH]2)CC1. The molecular weight excluding hydrogens is 368 g/mol. The standard InChI is InChI=1S/C17H26N6O3S/c1-21(2)27(25,26)23-12-10-22(11-13-23)17(24)18-9-5-8-16-19-14-6-3-4-7-15(14)20-16/h3-4,6-7H,5,8-13H2,1-2H3,(H,18,24)(H,19,20). The lowest BCUT2D eigenvalue weighted by Crippen LogP contribution is -2.55. The van der Waals surface area contributed by atoms with E-state index in [-0.39, 0.29) is 6.03 Å². The maximum Gasteiger partial charge on any atom is 0.317 e. The second-order valence-electron chi connectivity index (χ2n) is 6.71. The minimum Gasteiger partial charge on any atom is -0.342 e. The van der Waals surface area contributed by atoms with Gasteiger partial charge in [-0.3, -0.25) is 0 Å². The Morgan fingerprint density at radius 1 is 1.22 bits per heavy atom. The maximum absolute atomic E-state index is 12.3. The van der Waals surface area contributed by atoms with Crippen molar-refractivity contribution in [1.29, 1.82) is 0 Å². The molecule has 1 saturated heterocycles. The molecule has 2 N–H and O–H groups in total. The third kappa shape index (κ3) is 4.57. The van der Waals surface area contributed by atoms with Crippen molar-refractivity contribution in [3.05, 3.63) is 30.1 Å². The van der Waals surface area contributed by atoms with Gasteiger partial charge < -0.3 is 15.2 Å². The van der Waals surface area contributed by atoms with Crippen LogP contribution < -0.4 is 5.32 Å². The van der Waals surface area contributed by atoms with E-state index in [0.29, 0.717) is 32.7 Å². The van der Waals surface area contributed by atoms with Crippen LogP contribution in [0.25, 0.3) is 11.0 Å². The smallest absolute Gasteiger partial charge is 0.317 e. The zero-order chi connectivity index (χ0) is 19.4. The van der Waals surface area contributed by atoms with Gasteiger partial charge in [-0.05, 0) is 18.6 Å². The number of urea groups is 1. The third-order valence-corrected chi connectivity index (χ3v) is 6.56. The van der Waals surface area contributed by atoms with Crippen molar-refractivity contribution >= 4 is 27.3 Å². The summed E-state index contributed by atoms with van der Waals surface area (Å²) >= 11 is 0. The molecule has 1 aliphatic heterocycles. The molecule has 1 aliphatic rings. The van der Waals surface area contributed by atoms with Crippen LogP contribution >= 0.6 is 0 Å². The van der Waals surface area contributed by atoms with Gasteiger partial charge in [0.15, 0.2) is 0 Å². The zero-order valence-corrected chi connectivity index (χ0v) is 16.5. The molecule has 1 aromatic carbocycles. The van der Waals surface area contributed by atoms with E-state index in [9.17, 15) is 13.2 Å². The minimum absolute atomic E-state index is 0.151. The zero-order valence-electron chi connectivity index (χ0n) is 15.7.